The van der Waals surface area contributed by atoms with Crippen molar-refractivity contribution in [2.75, 3.05) is 0 Å². The maximum absolute atomic E-state index is 12.6. The Balaban J connectivity index is 2.37. The summed E-state index contributed by atoms with van der Waals surface area (Å²) >= 11 is 1.27. The van der Waals surface area contributed by atoms with Crippen LogP contribution in [0.5, 0.6) is 0 Å². The molecule has 2 aromatic rings. The highest BCUT2D eigenvalue weighted by Crippen LogP contribution is 2.35. The third-order valence-electron chi connectivity index (χ3n) is 2.12. The van der Waals surface area contributed by atoms with Gasteiger partial charge in [-0.25, -0.2) is 4.98 Å². The van der Waals surface area contributed by atoms with E-state index in [4.69, 9.17) is 5.73 Å². The van der Waals surface area contributed by atoms with E-state index in [0.717, 1.165) is 6.92 Å². The van der Waals surface area contributed by atoms with Gasteiger partial charge in [-0.2, -0.15) is 18.2 Å². The van der Waals surface area contributed by atoms with Gasteiger partial charge in [-0.05, 0) is 6.92 Å². The van der Waals surface area contributed by atoms with Crippen molar-refractivity contribution in [3.63, 3.8) is 0 Å². The minimum Gasteiger partial charge on any atom is -0.336 e. The van der Waals surface area contributed by atoms with Crippen molar-refractivity contribution in [2.45, 2.75) is 18.6 Å². The molecule has 0 fully saturated rings. The lowest BCUT2D eigenvalue weighted by Gasteiger charge is -2.22. The van der Waals surface area contributed by atoms with Crippen molar-refractivity contribution >= 4 is 11.3 Å². The van der Waals surface area contributed by atoms with Gasteiger partial charge in [-0.3, -0.25) is 0 Å². The highest BCUT2D eigenvalue weighted by Gasteiger charge is 2.53. The topological polar surface area (TPSA) is 77.8 Å². The number of aromatic nitrogens is 3. The predicted molar refractivity (Wildman–Crippen MR) is 53.0 cm³/mol. The van der Waals surface area contributed by atoms with E-state index in [9.17, 15) is 13.2 Å². The normalized spacial score (nSPS) is 15.8. The average Bonchev–Trinajstić information content (AvgIpc) is 2.87. The van der Waals surface area contributed by atoms with Crippen molar-refractivity contribution in [3.8, 4) is 11.5 Å². The molecule has 1 atom stereocenters. The monoisotopic (exact) mass is 264 g/mol. The Morgan fingerprint density at radius 2 is 2.12 bits per heavy atom. The molecule has 9 heteroatoms. The zero-order chi connectivity index (χ0) is 12.7. The molecule has 0 saturated carbocycles. The quantitative estimate of drug-likeness (QED) is 0.896. The summed E-state index contributed by atoms with van der Waals surface area (Å²) in [5.41, 5.74) is 4.33. The standard InChI is InChI=1S/C8H7F3N4OS/c1-7(12,8(9,10)11)6-14-5(15-16-6)4-2-17-3-13-4/h2-3H,12H2,1H3. The van der Waals surface area contributed by atoms with E-state index in [1.807, 2.05) is 0 Å². The van der Waals surface area contributed by atoms with Crippen LogP contribution in [0.15, 0.2) is 15.4 Å². The summed E-state index contributed by atoms with van der Waals surface area (Å²) in [6.07, 6.45) is -4.67. The molecular formula is C8H7F3N4OS. The molecule has 17 heavy (non-hydrogen) atoms. The number of alkyl halides is 3. The minimum atomic E-state index is -4.67. The molecule has 5 nitrogen and oxygen atoms in total. The lowest BCUT2D eigenvalue weighted by Crippen LogP contribution is -2.47. The van der Waals surface area contributed by atoms with Gasteiger partial charge in [0.15, 0.2) is 5.54 Å². The van der Waals surface area contributed by atoms with E-state index >= 15 is 0 Å². The summed E-state index contributed by atoms with van der Waals surface area (Å²) in [6, 6.07) is 0. The minimum absolute atomic E-state index is 0.0119. The van der Waals surface area contributed by atoms with E-state index in [1.165, 1.54) is 16.8 Å². The second kappa shape index (κ2) is 3.77. The first-order valence-electron chi connectivity index (χ1n) is 4.41. The summed E-state index contributed by atoms with van der Waals surface area (Å²) in [6.45, 7) is 0.769. The molecular weight excluding hydrogens is 257 g/mol. The van der Waals surface area contributed by atoms with Crippen molar-refractivity contribution in [3.05, 3.63) is 16.8 Å². The largest absolute Gasteiger partial charge is 0.415 e. The molecule has 0 aromatic carbocycles. The molecule has 0 aliphatic carbocycles. The Labute approximate surface area is 97.5 Å². The number of nitrogens with two attached hydrogens (primary N) is 1. The fourth-order valence-electron chi connectivity index (χ4n) is 0.983. The molecule has 0 aliphatic rings. The Bertz CT molecular complexity index is 505. The number of halogens is 3. The molecule has 0 spiro atoms. The molecule has 2 aromatic heterocycles. The summed E-state index contributed by atoms with van der Waals surface area (Å²) in [4.78, 5) is 7.47. The number of thiazole rings is 1. The highest BCUT2D eigenvalue weighted by atomic mass is 32.1. The first-order valence-corrected chi connectivity index (χ1v) is 5.35. The molecule has 0 aliphatic heterocycles. The smallest absolute Gasteiger partial charge is 0.336 e. The summed E-state index contributed by atoms with van der Waals surface area (Å²) in [7, 11) is 0. The summed E-state index contributed by atoms with van der Waals surface area (Å²) < 4.78 is 42.4. The number of hydrogen-bond donors (Lipinski definition) is 1. The molecule has 0 radical (unpaired) electrons. The van der Waals surface area contributed by atoms with Crippen LogP contribution < -0.4 is 5.73 Å². The Morgan fingerprint density at radius 3 is 2.65 bits per heavy atom. The SMILES string of the molecule is CC(N)(c1nc(-c2cscn2)no1)C(F)(F)F. The first kappa shape index (κ1) is 12.0. The fourth-order valence-corrected chi connectivity index (χ4v) is 1.51. The van der Waals surface area contributed by atoms with Gasteiger partial charge >= 0.3 is 6.18 Å². The van der Waals surface area contributed by atoms with Crippen LogP contribution in [0, 0.1) is 0 Å². The van der Waals surface area contributed by atoms with Gasteiger partial charge < -0.3 is 10.3 Å². The number of rotatable bonds is 2. The maximum Gasteiger partial charge on any atom is 0.415 e. The Hall–Kier alpha value is -1.48. The summed E-state index contributed by atoms with van der Waals surface area (Å²) in [5.74, 6) is -0.699. The van der Waals surface area contributed by atoms with Gasteiger partial charge in [0.1, 0.15) is 5.69 Å². The van der Waals surface area contributed by atoms with E-state index < -0.39 is 17.6 Å². The van der Waals surface area contributed by atoms with Crippen LogP contribution in [0.1, 0.15) is 12.8 Å². The molecule has 1 unspecified atom stereocenters. The number of nitrogens with zero attached hydrogens (tertiary/aromatic N) is 3. The van der Waals surface area contributed by atoms with Crippen LogP contribution >= 0.6 is 11.3 Å². The van der Waals surface area contributed by atoms with Crippen molar-refractivity contribution in [2.24, 2.45) is 5.73 Å². The maximum atomic E-state index is 12.6. The zero-order valence-corrected chi connectivity index (χ0v) is 9.34. The Morgan fingerprint density at radius 1 is 1.41 bits per heavy atom. The highest BCUT2D eigenvalue weighted by molar-refractivity contribution is 7.07. The molecule has 2 heterocycles. The van der Waals surface area contributed by atoms with Gasteiger partial charge in [0.25, 0.3) is 5.89 Å². The van der Waals surface area contributed by atoms with E-state index in [1.54, 1.807) is 5.38 Å². The van der Waals surface area contributed by atoms with Crippen molar-refractivity contribution < 1.29 is 17.7 Å². The molecule has 0 amide bonds. The van der Waals surface area contributed by atoms with Crippen LogP contribution in [0.2, 0.25) is 0 Å². The van der Waals surface area contributed by atoms with Crippen LogP contribution in [-0.2, 0) is 5.54 Å². The van der Waals surface area contributed by atoms with Crippen LogP contribution in [0.4, 0.5) is 13.2 Å². The van der Waals surface area contributed by atoms with Gasteiger partial charge in [-0.1, -0.05) is 5.16 Å². The third kappa shape index (κ3) is 2.03. The molecule has 2 rings (SSSR count). The van der Waals surface area contributed by atoms with Gasteiger partial charge in [0.05, 0.1) is 5.51 Å². The second-order valence-electron chi connectivity index (χ2n) is 3.50. The predicted octanol–water partition coefficient (Wildman–Crippen LogP) is 1.93. The fraction of sp³-hybridized carbons (Fsp3) is 0.375. The lowest BCUT2D eigenvalue weighted by atomic mass is 10.0. The first-order chi connectivity index (χ1) is 7.82. The van der Waals surface area contributed by atoms with Gasteiger partial charge in [-0.15, -0.1) is 11.3 Å². The third-order valence-corrected chi connectivity index (χ3v) is 2.71. The zero-order valence-electron chi connectivity index (χ0n) is 8.52. The van der Waals surface area contributed by atoms with E-state index in [0.29, 0.717) is 5.69 Å². The Kier molecular flexibility index (Phi) is 2.66. The second-order valence-corrected chi connectivity index (χ2v) is 4.22. The molecule has 92 valence electrons. The van der Waals surface area contributed by atoms with Gasteiger partial charge in [0.2, 0.25) is 5.82 Å². The van der Waals surface area contributed by atoms with Crippen LogP contribution in [0.25, 0.3) is 11.5 Å². The van der Waals surface area contributed by atoms with Crippen molar-refractivity contribution in [1.29, 1.82) is 0 Å². The lowest BCUT2D eigenvalue weighted by molar-refractivity contribution is -0.190. The van der Waals surface area contributed by atoms with Crippen LogP contribution in [0.3, 0.4) is 0 Å². The average molecular weight is 264 g/mol. The van der Waals surface area contributed by atoms with Crippen molar-refractivity contribution in [1.82, 2.24) is 15.1 Å². The number of hydrogen-bond acceptors (Lipinski definition) is 6. The summed E-state index contributed by atoms with van der Waals surface area (Å²) in [5, 5.41) is 5.01. The van der Waals surface area contributed by atoms with E-state index in [2.05, 4.69) is 19.6 Å². The molecule has 0 bridgehead atoms. The molecule has 2 N–H and O–H groups in total. The van der Waals surface area contributed by atoms with Crippen LogP contribution in [-0.4, -0.2) is 21.3 Å². The molecule has 0 saturated heterocycles. The van der Waals surface area contributed by atoms with E-state index in [-0.39, 0.29) is 5.82 Å². The van der Waals surface area contributed by atoms with Gasteiger partial charge in [0, 0.05) is 5.38 Å².